The van der Waals surface area contributed by atoms with Crippen molar-refractivity contribution in [1.82, 2.24) is 9.55 Å². The Morgan fingerprint density at radius 2 is 1.79 bits per heavy atom. The molecule has 0 fully saturated rings. The molecule has 0 bridgehead atoms. The van der Waals surface area contributed by atoms with Gasteiger partial charge in [-0.1, -0.05) is 30.3 Å². The Morgan fingerprint density at radius 3 is 2.68 bits per heavy atom. The van der Waals surface area contributed by atoms with Gasteiger partial charge in [-0.15, -0.1) is 11.3 Å². The SMILES string of the molecule is Brc1nc2ccccc2n1-c1cc2ccccc2s1. The van der Waals surface area contributed by atoms with Crippen LogP contribution in [0, 0.1) is 0 Å². The fraction of sp³-hybridized carbons (Fsp3) is 0. The summed E-state index contributed by atoms with van der Waals surface area (Å²) in [4.78, 5) is 4.55. The van der Waals surface area contributed by atoms with Gasteiger partial charge in [0.1, 0.15) is 5.00 Å². The van der Waals surface area contributed by atoms with Crippen LogP contribution in [0.3, 0.4) is 0 Å². The number of hydrogen-bond donors (Lipinski definition) is 0. The van der Waals surface area contributed by atoms with Gasteiger partial charge in [-0.05, 0) is 45.6 Å². The maximum atomic E-state index is 4.55. The molecule has 4 heteroatoms. The molecule has 0 aliphatic carbocycles. The highest BCUT2D eigenvalue weighted by Crippen LogP contribution is 2.33. The summed E-state index contributed by atoms with van der Waals surface area (Å²) in [5.41, 5.74) is 2.13. The molecular formula is C15H9BrN2S. The van der Waals surface area contributed by atoms with Crippen molar-refractivity contribution in [3.05, 3.63) is 59.3 Å². The highest BCUT2D eigenvalue weighted by atomic mass is 79.9. The molecule has 0 aliphatic rings. The van der Waals surface area contributed by atoms with Gasteiger partial charge >= 0.3 is 0 Å². The fourth-order valence-corrected chi connectivity index (χ4v) is 4.05. The molecule has 0 saturated heterocycles. The largest absolute Gasteiger partial charge is 0.278 e. The topological polar surface area (TPSA) is 17.8 Å². The Balaban J connectivity index is 2.06. The molecular weight excluding hydrogens is 320 g/mol. The van der Waals surface area contributed by atoms with Crippen molar-refractivity contribution < 1.29 is 0 Å². The number of benzene rings is 2. The van der Waals surface area contributed by atoms with E-state index in [1.807, 2.05) is 18.2 Å². The van der Waals surface area contributed by atoms with Gasteiger partial charge in [0.25, 0.3) is 0 Å². The number of halogens is 1. The van der Waals surface area contributed by atoms with E-state index in [9.17, 15) is 0 Å². The molecule has 92 valence electrons. The van der Waals surface area contributed by atoms with Crippen LogP contribution in [-0.4, -0.2) is 9.55 Å². The van der Waals surface area contributed by atoms with E-state index in [1.54, 1.807) is 11.3 Å². The number of para-hydroxylation sites is 2. The summed E-state index contributed by atoms with van der Waals surface area (Å²) >= 11 is 5.34. The number of imidazole rings is 1. The standard InChI is InChI=1S/C15H9BrN2S/c16-15-17-11-6-2-3-7-12(11)18(15)14-9-10-5-1-4-8-13(10)19-14/h1-9H. The molecule has 4 rings (SSSR count). The molecule has 0 spiro atoms. The summed E-state index contributed by atoms with van der Waals surface area (Å²) in [6.45, 7) is 0. The normalized spacial score (nSPS) is 11.4. The van der Waals surface area contributed by atoms with E-state index in [0.29, 0.717) is 0 Å². The Bertz CT molecular complexity index is 858. The first-order valence-corrected chi connectivity index (χ1v) is 7.56. The molecule has 0 atom stereocenters. The molecule has 0 aliphatic heterocycles. The molecule has 4 aromatic rings. The van der Waals surface area contributed by atoms with Crippen LogP contribution >= 0.6 is 27.3 Å². The third-order valence-corrected chi connectivity index (χ3v) is 4.79. The van der Waals surface area contributed by atoms with Crippen molar-refractivity contribution in [1.29, 1.82) is 0 Å². The average Bonchev–Trinajstić information content (AvgIpc) is 2.97. The second kappa shape index (κ2) is 4.18. The van der Waals surface area contributed by atoms with Crippen LogP contribution in [0.5, 0.6) is 0 Å². The third-order valence-electron chi connectivity index (χ3n) is 3.15. The fourth-order valence-electron chi connectivity index (χ4n) is 2.28. The van der Waals surface area contributed by atoms with Gasteiger partial charge in [0, 0.05) is 4.70 Å². The first-order chi connectivity index (χ1) is 9.33. The van der Waals surface area contributed by atoms with Crippen LogP contribution < -0.4 is 0 Å². The van der Waals surface area contributed by atoms with Crippen molar-refractivity contribution in [3.63, 3.8) is 0 Å². The van der Waals surface area contributed by atoms with Crippen molar-refractivity contribution in [2.45, 2.75) is 0 Å². The molecule has 2 heterocycles. The van der Waals surface area contributed by atoms with Crippen molar-refractivity contribution in [2.75, 3.05) is 0 Å². The second-order valence-electron chi connectivity index (χ2n) is 4.33. The summed E-state index contributed by atoms with van der Waals surface area (Å²) in [7, 11) is 0. The lowest BCUT2D eigenvalue weighted by Gasteiger charge is -2.01. The molecule has 0 N–H and O–H groups in total. The van der Waals surface area contributed by atoms with Gasteiger partial charge in [-0.3, -0.25) is 4.57 Å². The molecule has 2 aromatic heterocycles. The van der Waals surface area contributed by atoms with Gasteiger partial charge in [-0.2, -0.15) is 0 Å². The zero-order chi connectivity index (χ0) is 12.8. The minimum Gasteiger partial charge on any atom is -0.278 e. The summed E-state index contributed by atoms with van der Waals surface area (Å²) < 4.78 is 4.29. The van der Waals surface area contributed by atoms with Crippen LogP contribution in [0.4, 0.5) is 0 Å². The third kappa shape index (κ3) is 1.71. The van der Waals surface area contributed by atoms with Crippen LogP contribution in [0.25, 0.3) is 26.1 Å². The first kappa shape index (κ1) is 11.2. The summed E-state index contributed by atoms with van der Waals surface area (Å²) in [6, 6.07) is 18.8. The quantitative estimate of drug-likeness (QED) is 0.480. The monoisotopic (exact) mass is 328 g/mol. The number of hydrogen-bond acceptors (Lipinski definition) is 2. The van der Waals surface area contributed by atoms with E-state index in [2.05, 4.69) is 61.9 Å². The molecule has 2 aromatic carbocycles. The van der Waals surface area contributed by atoms with E-state index >= 15 is 0 Å². The Kier molecular flexibility index (Phi) is 2.47. The highest BCUT2D eigenvalue weighted by Gasteiger charge is 2.12. The zero-order valence-electron chi connectivity index (χ0n) is 9.88. The highest BCUT2D eigenvalue weighted by molar-refractivity contribution is 9.10. The van der Waals surface area contributed by atoms with E-state index in [1.165, 1.54) is 15.1 Å². The molecule has 0 amide bonds. The number of nitrogens with zero attached hydrogens (tertiary/aromatic N) is 2. The lowest BCUT2D eigenvalue weighted by atomic mass is 10.3. The number of rotatable bonds is 1. The average molecular weight is 329 g/mol. The van der Waals surface area contributed by atoms with E-state index in [4.69, 9.17) is 0 Å². The molecule has 0 saturated carbocycles. The maximum Gasteiger partial charge on any atom is 0.183 e. The van der Waals surface area contributed by atoms with Crippen LogP contribution in [0.15, 0.2) is 59.3 Å². The Hall–Kier alpha value is -1.65. The molecule has 2 nitrogen and oxygen atoms in total. The second-order valence-corrected chi connectivity index (χ2v) is 6.10. The molecule has 0 radical (unpaired) electrons. The zero-order valence-corrected chi connectivity index (χ0v) is 12.3. The summed E-state index contributed by atoms with van der Waals surface area (Å²) in [6.07, 6.45) is 0. The minimum absolute atomic E-state index is 0.847. The Labute approximate surface area is 122 Å². The maximum absolute atomic E-state index is 4.55. The summed E-state index contributed by atoms with van der Waals surface area (Å²) in [5, 5.41) is 2.45. The molecule has 0 unspecified atom stereocenters. The van der Waals surface area contributed by atoms with Gasteiger partial charge in [-0.25, -0.2) is 4.98 Å². The Morgan fingerprint density at radius 1 is 1.00 bits per heavy atom. The van der Waals surface area contributed by atoms with Gasteiger partial charge < -0.3 is 0 Å². The van der Waals surface area contributed by atoms with E-state index in [-0.39, 0.29) is 0 Å². The smallest absolute Gasteiger partial charge is 0.183 e. The predicted octanol–water partition coefficient (Wildman–Crippen LogP) is 5.00. The number of thiophene rings is 1. The van der Waals surface area contributed by atoms with Crippen molar-refractivity contribution in [3.8, 4) is 5.00 Å². The lowest BCUT2D eigenvalue weighted by molar-refractivity contribution is 1.07. The van der Waals surface area contributed by atoms with Crippen LogP contribution in [0.2, 0.25) is 0 Å². The predicted molar refractivity (Wildman–Crippen MR) is 84.2 cm³/mol. The lowest BCUT2D eigenvalue weighted by Crippen LogP contribution is -1.89. The van der Waals surface area contributed by atoms with E-state index in [0.717, 1.165) is 15.8 Å². The summed E-state index contributed by atoms with van der Waals surface area (Å²) in [5.74, 6) is 0. The van der Waals surface area contributed by atoms with Crippen LogP contribution in [0.1, 0.15) is 0 Å². The van der Waals surface area contributed by atoms with Gasteiger partial charge in [0.05, 0.1) is 11.0 Å². The van der Waals surface area contributed by atoms with Gasteiger partial charge in [0.15, 0.2) is 4.73 Å². The van der Waals surface area contributed by atoms with Crippen LogP contribution in [-0.2, 0) is 0 Å². The molecule has 19 heavy (non-hydrogen) atoms. The van der Waals surface area contributed by atoms with Gasteiger partial charge in [0.2, 0.25) is 0 Å². The number of fused-ring (bicyclic) bond motifs is 2. The van der Waals surface area contributed by atoms with E-state index < -0.39 is 0 Å². The van der Waals surface area contributed by atoms with Crippen molar-refractivity contribution >= 4 is 48.4 Å². The number of aromatic nitrogens is 2. The minimum atomic E-state index is 0.847. The van der Waals surface area contributed by atoms with Crippen molar-refractivity contribution in [2.24, 2.45) is 0 Å². The first-order valence-electron chi connectivity index (χ1n) is 5.95.